The Labute approximate surface area is 176 Å². The van der Waals surface area contributed by atoms with Crippen LogP contribution in [0.4, 0.5) is 4.79 Å². The Kier molecular flexibility index (Phi) is 5.82. The van der Waals surface area contributed by atoms with Gasteiger partial charge in [0.15, 0.2) is 5.78 Å². The number of ketones is 1. The van der Waals surface area contributed by atoms with E-state index in [-0.39, 0.29) is 12.1 Å². The van der Waals surface area contributed by atoms with Crippen molar-refractivity contribution in [1.82, 2.24) is 10.2 Å². The standard InChI is InChI=1S/C23H26N2O5/c1-14(2)15-6-8-16(9-7-15)23(3)21(27)25(22(28)24-23)13-19(26)18-11-10-17(29-4)12-20(18)30-5/h6-12,14H,13H2,1-5H3,(H,24,28)/t23-/m1/s1. The Morgan fingerprint density at radius 2 is 1.73 bits per heavy atom. The smallest absolute Gasteiger partial charge is 0.325 e. The van der Waals surface area contributed by atoms with Crippen molar-refractivity contribution >= 4 is 17.7 Å². The minimum atomic E-state index is -1.23. The van der Waals surface area contributed by atoms with Crippen LogP contribution in [0, 0.1) is 0 Å². The van der Waals surface area contributed by atoms with Gasteiger partial charge in [0, 0.05) is 6.07 Å². The number of methoxy groups -OCH3 is 2. The van der Waals surface area contributed by atoms with E-state index in [1.807, 2.05) is 24.3 Å². The molecular weight excluding hydrogens is 384 g/mol. The molecule has 1 aliphatic rings. The SMILES string of the molecule is COc1ccc(C(=O)CN2C(=O)N[C@](C)(c3ccc(C(C)C)cc3)C2=O)c(OC)c1. The Morgan fingerprint density at radius 1 is 1.07 bits per heavy atom. The number of hydrogen-bond donors (Lipinski definition) is 1. The Morgan fingerprint density at radius 3 is 2.30 bits per heavy atom. The molecule has 1 N–H and O–H groups in total. The lowest BCUT2D eigenvalue weighted by molar-refractivity contribution is -0.130. The van der Waals surface area contributed by atoms with Crippen molar-refractivity contribution in [3.8, 4) is 11.5 Å². The number of amides is 3. The molecule has 0 radical (unpaired) electrons. The topological polar surface area (TPSA) is 84.9 Å². The van der Waals surface area contributed by atoms with Gasteiger partial charge in [0.25, 0.3) is 5.91 Å². The van der Waals surface area contributed by atoms with Gasteiger partial charge >= 0.3 is 6.03 Å². The first-order valence-corrected chi connectivity index (χ1v) is 9.71. The van der Waals surface area contributed by atoms with Crippen LogP contribution in [0.15, 0.2) is 42.5 Å². The Hall–Kier alpha value is -3.35. The molecule has 1 fully saturated rings. The lowest BCUT2D eigenvalue weighted by Gasteiger charge is -2.23. The van der Waals surface area contributed by atoms with Crippen LogP contribution >= 0.6 is 0 Å². The molecule has 0 aliphatic carbocycles. The molecule has 1 heterocycles. The van der Waals surface area contributed by atoms with Crippen molar-refractivity contribution in [2.45, 2.75) is 32.2 Å². The predicted molar refractivity (Wildman–Crippen MR) is 112 cm³/mol. The number of carbonyl (C=O) groups is 3. The van der Waals surface area contributed by atoms with E-state index in [9.17, 15) is 14.4 Å². The van der Waals surface area contributed by atoms with Crippen LogP contribution < -0.4 is 14.8 Å². The molecule has 1 saturated heterocycles. The molecule has 3 amide bonds. The third kappa shape index (κ3) is 3.75. The summed E-state index contributed by atoms with van der Waals surface area (Å²) in [5.74, 6) is 0.339. The highest BCUT2D eigenvalue weighted by Gasteiger charge is 2.49. The average Bonchev–Trinajstić information content (AvgIpc) is 2.97. The van der Waals surface area contributed by atoms with Gasteiger partial charge in [-0.15, -0.1) is 0 Å². The van der Waals surface area contributed by atoms with Crippen molar-refractivity contribution in [2.75, 3.05) is 20.8 Å². The van der Waals surface area contributed by atoms with Crippen molar-refractivity contribution in [2.24, 2.45) is 0 Å². The minimum Gasteiger partial charge on any atom is -0.497 e. The molecule has 2 aromatic rings. The number of benzene rings is 2. The maximum Gasteiger partial charge on any atom is 0.325 e. The van der Waals surface area contributed by atoms with Gasteiger partial charge in [-0.05, 0) is 36.1 Å². The summed E-state index contributed by atoms with van der Waals surface area (Å²) in [4.78, 5) is 39.5. The zero-order chi connectivity index (χ0) is 22.1. The van der Waals surface area contributed by atoms with Crippen LogP contribution in [0.2, 0.25) is 0 Å². The van der Waals surface area contributed by atoms with Crippen LogP contribution in [0.5, 0.6) is 11.5 Å². The van der Waals surface area contributed by atoms with Gasteiger partial charge in [0.1, 0.15) is 17.0 Å². The largest absolute Gasteiger partial charge is 0.497 e. The highest BCUT2D eigenvalue weighted by atomic mass is 16.5. The Bertz CT molecular complexity index is 984. The normalized spacial score (nSPS) is 18.5. The van der Waals surface area contributed by atoms with Crippen LogP contribution in [0.25, 0.3) is 0 Å². The minimum absolute atomic E-state index is 0.272. The van der Waals surface area contributed by atoms with E-state index in [0.717, 1.165) is 10.5 Å². The fourth-order valence-electron chi connectivity index (χ4n) is 3.50. The summed E-state index contributed by atoms with van der Waals surface area (Å²) in [6.07, 6.45) is 0. The second-order valence-electron chi connectivity index (χ2n) is 7.71. The molecule has 3 rings (SSSR count). The molecule has 2 aromatic carbocycles. The predicted octanol–water partition coefficient (Wildman–Crippen LogP) is 3.48. The summed E-state index contributed by atoms with van der Waals surface area (Å²) in [5.41, 5.74) is 0.852. The summed E-state index contributed by atoms with van der Waals surface area (Å²) < 4.78 is 10.4. The quantitative estimate of drug-likeness (QED) is 0.558. The lowest BCUT2D eigenvalue weighted by atomic mass is 9.90. The van der Waals surface area contributed by atoms with Crippen molar-refractivity contribution in [3.05, 3.63) is 59.2 Å². The van der Waals surface area contributed by atoms with E-state index in [1.165, 1.54) is 14.2 Å². The lowest BCUT2D eigenvalue weighted by Crippen LogP contribution is -2.41. The van der Waals surface area contributed by atoms with Gasteiger partial charge in [-0.3, -0.25) is 14.5 Å². The van der Waals surface area contributed by atoms with Gasteiger partial charge in [0.05, 0.1) is 26.3 Å². The Balaban J connectivity index is 1.83. The number of nitrogens with zero attached hydrogens (tertiary/aromatic N) is 1. The molecule has 158 valence electrons. The molecule has 0 aromatic heterocycles. The first-order valence-electron chi connectivity index (χ1n) is 9.71. The number of imide groups is 1. The van der Waals surface area contributed by atoms with Crippen LogP contribution in [0.3, 0.4) is 0 Å². The molecule has 1 aliphatic heterocycles. The van der Waals surface area contributed by atoms with Crippen molar-refractivity contribution < 1.29 is 23.9 Å². The van der Waals surface area contributed by atoms with Gasteiger partial charge in [-0.1, -0.05) is 38.1 Å². The zero-order valence-corrected chi connectivity index (χ0v) is 17.8. The first-order chi connectivity index (χ1) is 14.2. The third-order valence-corrected chi connectivity index (χ3v) is 5.44. The summed E-state index contributed by atoms with van der Waals surface area (Å²) in [6.45, 7) is 5.43. The van der Waals surface area contributed by atoms with Crippen molar-refractivity contribution in [3.63, 3.8) is 0 Å². The van der Waals surface area contributed by atoms with Crippen LogP contribution in [0.1, 0.15) is 48.2 Å². The van der Waals surface area contributed by atoms with E-state index in [4.69, 9.17) is 9.47 Å². The number of ether oxygens (including phenoxy) is 2. The molecule has 0 saturated carbocycles. The summed E-state index contributed by atoms with van der Waals surface area (Å²) in [5, 5.41) is 2.73. The maximum absolute atomic E-state index is 13.1. The maximum atomic E-state index is 13.1. The molecular formula is C23H26N2O5. The number of Topliss-reactive ketones (excluding diaryl/α,β-unsaturated/α-hetero) is 1. The zero-order valence-electron chi connectivity index (χ0n) is 17.8. The highest BCUT2D eigenvalue weighted by molar-refractivity contribution is 6.11. The first kappa shape index (κ1) is 21.4. The number of rotatable bonds is 7. The van der Waals surface area contributed by atoms with Gasteiger partial charge in [-0.25, -0.2) is 4.79 Å². The van der Waals surface area contributed by atoms with E-state index >= 15 is 0 Å². The van der Waals surface area contributed by atoms with E-state index in [0.29, 0.717) is 23.0 Å². The fourth-order valence-corrected chi connectivity index (χ4v) is 3.50. The molecule has 0 unspecified atom stereocenters. The van der Waals surface area contributed by atoms with Gasteiger partial charge < -0.3 is 14.8 Å². The molecule has 0 spiro atoms. The summed E-state index contributed by atoms with van der Waals surface area (Å²) in [7, 11) is 2.95. The molecule has 7 heteroatoms. The second-order valence-corrected chi connectivity index (χ2v) is 7.71. The fraction of sp³-hybridized carbons (Fsp3) is 0.348. The second kappa shape index (κ2) is 8.18. The van der Waals surface area contributed by atoms with E-state index in [1.54, 1.807) is 25.1 Å². The average molecular weight is 410 g/mol. The highest BCUT2D eigenvalue weighted by Crippen LogP contribution is 2.31. The van der Waals surface area contributed by atoms with Gasteiger partial charge in [0.2, 0.25) is 0 Å². The van der Waals surface area contributed by atoms with Crippen LogP contribution in [-0.4, -0.2) is 43.4 Å². The summed E-state index contributed by atoms with van der Waals surface area (Å²) in [6, 6.07) is 11.7. The number of carbonyl (C=O) groups excluding carboxylic acids is 3. The number of nitrogens with one attached hydrogen (secondary N) is 1. The molecule has 1 atom stereocenters. The van der Waals surface area contributed by atoms with E-state index < -0.39 is 23.3 Å². The van der Waals surface area contributed by atoms with Crippen LogP contribution in [-0.2, 0) is 10.3 Å². The summed E-state index contributed by atoms with van der Waals surface area (Å²) >= 11 is 0. The molecule has 0 bridgehead atoms. The monoisotopic (exact) mass is 410 g/mol. The van der Waals surface area contributed by atoms with Crippen molar-refractivity contribution in [1.29, 1.82) is 0 Å². The van der Waals surface area contributed by atoms with E-state index in [2.05, 4.69) is 19.2 Å². The number of hydrogen-bond acceptors (Lipinski definition) is 5. The molecule has 7 nitrogen and oxygen atoms in total. The molecule has 30 heavy (non-hydrogen) atoms. The van der Waals surface area contributed by atoms with Gasteiger partial charge in [-0.2, -0.15) is 0 Å². The third-order valence-electron chi connectivity index (χ3n) is 5.44. The number of urea groups is 1.